The number of para-hydroxylation sites is 1. The zero-order valence-electron chi connectivity index (χ0n) is 15.7. The molecule has 1 heterocycles. The van der Waals surface area contributed by atoms with Crippen molar-refractivity contribution in [1.82, 2.24) is 0 Å². The minimum Gasteiger partial charge on any atom is -0.481 e. The summed E-state index contributed by atoms with van der Waals surface area (Å²) in [5.41, 5.74) is 1.57. The lowest BCUT2D eigenvalue weighted by Crippen LogP contribution is -2.30. The number of anilines is 1. The second kappa shape index (κ2) is 9.04. The van der Waals surface area contributed by atoms with Gasteiger partial charge < -0.3 is 14.8 Å². The molecule has 3 rings (SSSR count). The fraction of sp³-hybridized carbons (Fsp3) is 0.429. The van der Waals surface area contributed by atoms with E-state index in [9.17, 15) is 9.59 Å². The topological polar surface area (TPSA) is 64.6 Å². The van der Waals surface area contributed by atoms with Gasteiger partial charge in [0, 0.05) is 4.88 Å². The van der Waals surface area contributed by atoms with Crippen molar-refractivity contribution in [3.8, 4) is 5.75 Å². The van der Waals surface area contributed by atoms with Gasteiger partial charge in [0.1, 0.15) is 10.8 Å². The van der Waals surface area contributed by atoms with Crippen LogP contribution in [-0.4, -0.2) is 24.6 Å². The Morgan fingerprint density at radius 1 is 1.15 bits per heavy atom. The molecule has 0 spiro atoms. The zero-order chi connectivity index (χ0) is 19.2. The van der Waals surface area contributed by atoms with Crippen LogP contribution in [0.15, 0.2) is 30.3 Å². The van der Waals surface area contributed by atoms with Crippen LogP contribution in [0.5, 0.6) is 5.75 Å². The smallest absolute Gasteiger partial charge is 0.341 e. The van der Waals surface area contributed by atoms with Crippen molar-refractivity contribution < 1.29 is 19.1 Å². The van der Waals surface area contributed by atoms with E-state index in [1.54, 1.807) is 26.0 Å². The number of rotatable bonds is 6. The van der Waals surface area contributed by atoms with Gasteiger partial charge in [0.2, 0.25) is 0 Å². The Kier molecular flexibility index (Phi) is 6.50. The molecule has 0 saturated heterocycles. The monoisotopic (exact) mass is 387 g/mol. The molecule has 5 nitrogen and oxygen atoms in total. The third-order valence-electron chi connectivity index (χ3n) is 4.56. The van der Waals surface area contributed by atoms with Crippen LogP contribution in [0.2, 0.25) is 0 Å². The second-order valence-corrected chi connectivity index (χ2v) is 7.66. The van der Waals surface area contributed by atoms with Crippen molar-refractivity contribution in [2.24, 2.45) is 0 Å². The Balaban J connectivity index is 1.80. The van der Waals surface area contributed by atoms with E-state index in [4.69, 9.17) is 9.47 Å². The largest absolute Gasteiger partial charge is 0.481 e. The number of aryl methyl sites for hydroxylation is 1. The van der Waals surface area contributed by atoms with Crippen molar-refractivity contribution in [3.63, 3.8) is 0 Å². The molecule has 2 aromatic rings. The van der Waals surface area contributed by atoms with Gasteiger partial charge in [-0.3, -0.25) is 4.79 Å². The Labute approximate surface area is 163 Å². The summed E-state index contributed by atoms with van der Waals surface area (Å²) >= 11 is 1.49. The molecule has 1 N–H and O–H groups in total. The molecule has 0 saturated carbocycles. The summed E-state index contributed by atoms with van der Waals surface area (Å²) in [7, 11) is 0. The minimum absolute atomic E-state index is 0.277. The maximum Gasteiger partial charge on any atom is 0.341 e. The van der Waals surface area contributed by atoms with Gasteiger partial charge >= 0.3 is 5.97 Å². The first kappa shape index (κ1) is 19.4. The summed E-state index contributed by atoms with van der Waals surface area (Å²) in [6.07, 6.45) is 4.44. The molecule has 0 fully saturated rings. The highest BCUT2D eigenvalue weighted by Gasteiger charge is 2.27. The van der Waals surface area contributed by atoms with Gasteiger partial charge in [-0.25, -0.2) is 4.79 Å². The van der Waals surface area contributed by atoms with Crippen LogP contribution in [0.25, 0.3) is 0 Å². The normalized spacial score (nSPS) is 14.6. The van der Waals surface area contributed by atoms with Crippen LogP contribution >= 0.6 is 11.3 Å². The van der Waals surface area contributed by atoms with Crippen LogP contribution in [-0.2, 0) is 22.4 Å². The van der Waals surface area contributed by atoms with E-state index in [1.807, 2.05) is 18.2 Å². The summed E-state index contributed by atoms with van der Waals surface area (Å²) in [6.45, 7) is 3.80. The molecule has 1 aromatic heterocycles. The number of carbonyl (C=O) groups excluding carboxylic acids is 2. The molecule has 0 unspecified atom stereocenters. The molecule has 0 aliphatic heterocycles. The fourth-order valence-corrected chi connectivity index (χ4v) is 4.50. The predicted octanol–water partition coefficient (Wildman–Crippen LogP) is 4.60. The van der Waals surface area contributed by atoms with Crippen LogP contribution in [0.4, 0.5) is 5.00 Å². The lowest BCUT2D eigenvalue weighted by atomic mass is 10.1. The van der Waals surface area contributed by atoms with Crippen LogP contribution < -0.4 is 10.1 Å². The average molecular weight is 388 g/mol. The average Bonchev–Trinajstić information content (AvgIpc) is 2.83. The number of hydrogen-bond acceptors (Lipinski definition) is 5. The summed E-state index contributed by atoms with van der Waals surface area (Å²) in [5.74, 6) is -0.00244. The first-order chi connectivity index (χ1) is 13.1. The van der Waals surface area contributed by atoms with E-state index in [-0.39, 0.29) is 11.9 Å². The molecule has 144 valence electrons. The van der Waals surface area contributed by atoms with Crippen LogP contribution in [0, 0.1) is 0 Å². The maximum atomic E-state index is 12.6. The van der Waals surface area contributed by atoms with Crippen molar-refractivity contribution in [1.29, 1.82) is 0 Å². The number of nitrogens with one attached hydrogen (secondary N) is 1. The molecule has 1 aromatic carbocycles. The molecule has 1 aliphatic carbocycles. The first-order valence-corrected chi connectivity index (χ1v) is 10.3. The van der Waals surface area contributed by atoms with Gasteiger partial charge in [0.05, 0.1) is 12.2 Å². The van der Waals surface area contributed by atoms with Crippen molar-refractivity contribution in [3.05, 3.63) is 46.3 Å². The van der Waals surface area contributed by atoms with Gasteiger partial charge in [0.25, 0.3) is 5.91 Å². The number of esters is 1. The lowest BCUT2D eigenvalue weighted by molar-refractivity contribution is -0.122. The van der Waals surface area contributed by atoms with Gasteiger partial charge in [-0.1, -0.05) is 24.6 Å². The van der Waals surface area contributed by atoms with Crippen molar-refractivity contribution in [2.45, 2.75) is 52.1 Å². The summed E-state index contributed by atoms with van der Waals surface area (Å²) in [6, 6.07) is 9.22. The third kappa shape index (κ3) is 4.69. The SMILES string of the molecule is CCOC(=O)c1c(NC(=O)[C@H](C)Oc2ccccc2)sc2c1CCCCC2. The van der Waals surface area contributed by atoms with E-state index in [0.717, 1.165) is 37.7 Å². The molecular formula is C21H25NO4S. The van der Waals surface area contributed by atoms with E-state index >= 15 is 0 Å². The summed E-state index contributed by atoms with van der Waals surface area (Å²) in [5, 5.41) is 3.48. The molecule has 1 aliphatic rings. The second-order valence-electron chi connectivity index (χ2n) is 6.55. The van der Waals surface area contributed by atoms with Gasteiger partial charge in [-0.15, -0.1) is 11.3 Å². The summed E-state index contributed by atoms with van der Waals surface area (Å²) in [4.78, 5) is 26.4. The van der Waals surface area contributed by atoms with E-state index in [0.29, 0.717) is 22.9 Å². The van der Waals surface area contributed by atoms with Gasteiger partial charge in [-0.2, -0.15) is 0 Å². The molecule has 0 radical (unpaired) electrons. The van der Waals surface area contributed by atoms with E-state index in [1.165, 1.54) is 16.2 Å². The third-order valence-corrected chi connectivity index (χ3v) is 5.77. The fourth-order valence-electron chi connectivity index (χ4n) is 3.22. The van der Waals surface area contributed by atoms with Crippen molar-refractivity contribution in [2.75, 3.05) is 11.9 Å². The highest BCUT2D eigenvalue weighted by Crippen LogP contribution is 2.38. The van der Waals surface area contributed by atoms with Gasteiger partial charge in [-0.05, 0) is 57.2 Å². The predicted molar refractivity (Wildman–Crippen MR) is 107 cm³/mol. The number of amides is 1. The number of thiophene rings is 1. The Bertz CT molecular complexity index is 800. The number of carbonyl (C=O) groups is 2. The van der Waals surface area contributed by atoms with E-state index < -0.39 is 6.10 Å². The lowest BCUT2D eigenvalue weighted by Gasteiger charge is -2.15. The molecule has 1 atom stereocenters. The maximum absolute atomic E-state index is 12.6. The number of fused-ring (bicyclic) bond motifs is 1. The van der Waals surface area contributed by atoms with Crippen LogP contribution in [0.3, 0.4) is 0 Å². The Morgan fingerprint density at radius 2 is 1.89 bits per heavy atom. The molecule has 6 heteroatoms. The quantitative estimate of drug-likeness (QED) is 0.581. The highest BCUT2D eigenvalue weighted by atomic mass is 32.1. The Morgan fingerprint density at radius 3 is 2.63 bits per heavy atom. The Hall–Kier alpha value is -2.34. The zero-order valence-corrected chi connectivity index (χ0v) is 16.6. The minimum atomic E-state index is -0.677. The molecule has 1 amide bonds. The highest BCUT2D eigenvalue weighted by molar-refractivity contribution is 7.17. The van der Waals surface area contributed by atoms with Crippen molar-refractivity contribution >= 4 is 28.2 Å². The number of ether oxygens (including phenoxy) is 2. The molecule has 0 bridgehead atoms. The molecular weight excluding hydrogens is 362 g/mol. The standard InChI is InChI=1S/C21H25NO4S/c1-3-25-21(24)18-16-12-8-5-9-13-17(16)27-20(18)22-19(23)14(2)26-15-10-6-4-7-11-15/h4,6-7,10-11,14H,3,5,8-9,12-13H2,1-2H3,(H,22,23)/t14-/m0/s1. The van der Waals surface area contributed by atoms with Crippen LogP contribution in [0.1, 0.15) is 53.9 Å². The number of hydrogen-bond donors (Lipinski definition) is 1. The molecule has 27 heavy (non-hydrogen) atoms. The van der Waals surface area contributed by atoms with Gasteiger partial charge in [0.15, 0.2) is 6.10 Å². The first-order valence-electron chi connectivity index (χ1n) is 9.44. The van der Waals surface area contributed by atoms with E-state index in [2.05, 4.69) is 5.32 Å². The summed E-state index contributed by atoms with van der Waals surface area (Å²) < 4.78 is 11.0. The number of benzene rings is 1.